The minimum atomic E-state index is -3.97. The van der Waals surface area contributed by atoms with E-state index in [0.717, 1.165) is 42.9 Å². The molecule has 4 rings (SSSR count). The lowest BCUT2D eigenvalue weighted by Crippen LogP contribution is -2.36. The standard InChI is InChI=1S/C22H25FN2O4S/c1-15-7-10-19(29-2)21-17(15)6-5-13-25(21)22(26)16-8-9-18(23)20(14-16)30(27,28)24-11-3-4-12-24/h7-10,14H,3-6,11-13H2,1-2H3. The van der Waals surface area contributed by atoms with E-state index in [9.17, 15) is 17.6 Å². The first-order valence-corrected chi connectivity index (χ1v) is 11.6. The fourth-order valence-electron chi connectivity index (χ4n) is 4.28. The Morgan fingerprint density at radius 3 is 2.50 bits per heavy atom. The van der Waals surface area contributed by atoms with Gasteiger partial charge in [0.05, 0.1) is 12.8 Å². The van der Waals surface area contributed by atoms with Gasteiger partial charge < -0.3 is 9.64 Å². The molecule has 1 amide bonds. The van der Waals surface area contributed by atoms with Crippen LogP contribution >= 0.6 is 0 Å². The Morgan fingerprint density at radius 2 is 1.80 bits per heavy atom. The van der Waals surface area contributed by atoms with Gasteiger partial charge in [-0.2, -0.15) is 4.31 Å². The first kappa shape index (κ1) is 20.8. The number of hydrogen-bond acceptors (Lipinski definition) is 4. The van der Waals surface area contributed by atoms with Gasteiger partial charge in [-0.05, 0) is 68.0 Å². The van der Waals surface area contributed by atoms with Crippen LogP contribution in [-0.2, 0) is 16.4 Å². The highest BCUT2D eigenvalue weighted by Gasteiger charge is 2.32. The summed E-state index contributed by atoms with van der Waals surface area (Å²) in [6.07, 6.45) is 3.12. The Kier molecular flexibility index (Phi) is 5.55. The molecule has 0 spiro atoms. The van der Waals surface area contributed by atoms with E-state index in [0.29, 0.717) is 31.1 Å². The van der Waals surface area contributed by atoms with Crippen LogP contribution in [-0.4, -0.2) is 45.4 Å². The number of carbonyl (C=O) groups is 1. The van der Waals surface area contributed by atoms with Gasteiger partial charge in [-0.15, -0.1) is 0 Å². The number of nitrogens with zero attached hydrogens (tertiary/aromatic N) is 2. The lowest BCUT2D eigenvalue weighted by atomic mass is 9.95. The molecule has 0 aliphatic carbocycles. The van der Waals surface area contributed by atoms with Gasteiger partial charge in [0.2, 0.25) is 10.0 Å². The minimum absolute atomic E-state index is 0.144. The van der Waals surface area contributed by atoms with Crippen molar-refractivity contribution >= 4 is 21.6 Å². The largest absolute Gasteiger partial charge is 0.495 e. The summed E-state index contributed by atoms with van der Waals surface area (Å²) < 4.78 is 47.0. The first-order chi connectivity index (χ1) is 14.3. The van der Waals surface area contributed by atoms with E-state index in [1.165, 1.54) is 16.4 Å². The number of halogens is 1. The van der Waals surface area contributed by atoms with Crippen LogP contribution in [0.2, 0.25) is 0 Å². The topological polar surface area (TPSA) is 66.9 Å². The van der Waals surface area contributed by atoms with Crippen LogP contribution < -0.4 is 9.64 Å². The second-order valence-corrected chi connectivity index (χ2v) is 9.63. The number of hydrogen-bond donors (Lipinski definition) is 0. The lowest BCUT2D eigenvalue weighted by Gasteiger charge is -2.32. The van der Waals surface area contributed by atoms with Crippen LogP contribution in [0.3, 0.4) is 0 Å². The molecule has 160 valence electrons. The molecular weight excluding hydrogens is 407 g/mol. The van der Waals surface area contributed by atoms with Crippen molar-refractivity contribution in [2.24, 2.45) is 0 Å². The Bertz CT molecular complexity index is 1090. The third-order valence-electron chi connectivity index (χ3n) is 5.88. The number of sulfonamides is 1. The maximum Gasteiger partial charge on any atom is 0.258 e. The van der Waals surface area contributed by atoms with Gasteiger partial charge in [0.1, 0.15) is 16.5 Å². The molecule has 0 bridgehead atoms. The number of fused-ring (bicyclic) bond motifs is 1. The lowest BCUT2D eigenvalue weighted by molar-refractivity contribution is 0.0984. The number of benzene rings is 2. The van der Waals surface area contributed by atoms with Crippen molar-refractivity contribution in [2.45, 2.75) is 37.5 Å². The SMILES string of the molecule is COc1ccc(C)c2c1N(C(=O)c1ccc(F)c(S(=O)(=O)N3CCCC3)c1)CCC2. The predicted octanol–water partition coefficient (Wildman–Crippen LogP) is 3.52. The molecule has 6 nitrogen and oxygen atoms in total. The molecule has 30 heavy (non-hydrogen) atoms. The number of methoxy groups -OCH3 is 1. The average molecular weight is 433 g/mol. The monoisotopic (exact) mass is 432 g/mol. The molecule has 1 fully saturated rings. The van der Waals surface area contributed by atoms with E-state index in [1.807, 2.05) is 19.1 Å². The minimum Gasteiger partial charge on any atom is -0.495 e. The molecule has 2 aromatic rings. The molecular formula is C22H25FN2O4S. The van der Waals surface area contributed by atoms with E-state index < -0.39 is 20.7 Å². The molecule has 0 unspecified atom stereocenters. The summed E-state index contributed by atoms with van der Waals surface area (Å²) >= 11 is 0. The molecule has 1 saturated heterocycles. The fraction of sp³-hybridized carbons (Fsp3) is 0.409. The molecule has 0 radical (unpaired) electrons. The summed E-state index contributed by atoms with van der Waals surface area (Å²) in [4.78, 5) is 14.6. The zero-order chi connectivity index (χ0) is 21.5. The summed E-state index contributed by atoms with van der Waals surface area (Å²) in [6.45, 7) is 3.22. The van der Waals surface area contributed by atoms with Crippen LogP contribution in [0.4, 0.5) is 10.1 Å². The van der Waals surface area contributed by atoms with Crippen molar-refractivity contribution in [1.29, 1.82) is 0 Å². The zero-order valence-corrected chi connectivity index (χ0v) is 18.0. The molecule has 2 aliphatic rings. The molecule has 0 atom stereocenters. The van der Waals surface area contributed by atoms with Gasteiger partial charge in [0.15, 0.2) is 0 Å². The van der Waals surface area contributed by atoms with Crippen molar-refractivity contribution in [2.75, 3.05) is 31.6 Å². The molecule has 2 aromatic carbocycles. The Balaban J connectivity index is 1.75. The average Bonchev–Trinajstić information content (AvgIpc) is 3.29. The zero-order valence-electron chi connectivity index (χ0n) is 17.2. The van der Waals surface area contributed by atoms with E-state index >= 15 is 0 Å². The number of amides is 1. The van der Waals surface area contributed by atoms with Crippen molar-refractivity contribution in [1.82, 2.24) is 4.31 Å². The van der Waals surface area contributed by atoms with Gasteiger partial charge in [-0.25, -0.2) is 12.8 Å². The second-order valence-electron chi connectivity index (χ2n) is 7.73. The van der Waals surface area contributed by atoms with Crippen molar-refractivity contribution in [3.8, 4) is 5.75 Å². The second kappa shape index (κ2) is 8.00. The van der Waals surface area contributed by atoms with Crippen LogP contribution in [0, 0.1) is 12.7 Å². The van der Waals surface area contributed by atoms with Crippen LogP contribution in [0.15, 0.2) is 35.2 Å². The molecule has 0 saturated carbocycles. The molecule has 2 aliphatic heterocycles. The highest BCUT2D eigenvalue weighted by atomic mass is 32.2. The van der Waals surface area contributed by atoms with Gasteiger partial charge >= 0.3 is 0 Å². The Labute approximate surface area is 176 Å². The summed E-state index contributed by atoms with van der Waals surface area (Å²) in [6, 6.07) is 7.37. The van der Waals surface area contributed by atoms with Crippen molar-refractivity contribution < 1.29 is 22.3 Å². The number of carbonyl (C=O) groups excluding carboxylic acids is 1. The molecule has 0 N–H and O–H groups in total. The number of rotatable bonds is 4. The van der Waals surface area contributed by atoms with E-state index in [2.05, 4.69) is 0 Å². The van der Waals surface area contributed by atoms with Gasteiger partial charge in [0.25, 0.3) is 5.91 Å². The van der Waals surface area contributed by atoms with Crippen molar-refractivity contribution in [3.05, 3.63) is 52.8 Å². The third-order valence-corrected chi connectivity index (χ3v) is 7.80. The van der Waals surface area contributed by atoms with Crippen LogP contribution in [0.5, 0.6) is 5.75 Å². The summed E-state index contributed by atoms with van der Waals surface area (Å²) in [5.74, 6) is -0.612. The summed E-state index contributed by atoms with van der Waals surface area (Å²) in [7, 11) is -2.42. The van der Waals surface area contributed by atoms with Crippen molar-refractivity contribution in [3.63, 3.8) is 0 Å². The van der Waals surface area contributed by atoms with Gasteiger partial charge in [0, 0.05) is 25.2 Å². The highest BCUT2D eigenvalue weighted by Crippen LogP contribution is 2.39. The van der Waals surface area contributed by atoms with E-state index in [4.69, 9.17) is 4.74 Å². The van der Waals surface area contributed by atoms with Crippen LogP contribution in [0.25, 0.3) is 0 Å². The summed E-state index contributed by atoms with van der Waals surface area (Å²) in [5, 5.41) is 0. The Hall–Kier alpha value is -2.45. The van der Waals surface area contributed by atoms with Gasteiger partial charge in [-0.1, -0.05) is 6.07 Å². The molecule has 2 heterocycles. The quantitative estimate of drug-likeness (QED) is 0.742. The van der Waals surface area contributed by atoms with E-state index in [-0.39, 0.29) is 11.5 Å². The van der Waals surface area contributed by atoms with Crippen LogP contribution in [0.1, 0.15) is 40.7 Å². The smallest absolute Gasteiger partial charge is 0.258 e. The number of ether oxygens (including phenoxy) is 1. The third kappa shape index (κ3) is 3.48. The predicted molar refractivity (Wildman–Crippen MR) is 112 cm³/mol. The maximum absolute atomic E-state index is 14.5. The first-order valence-electron chi connectivity index (χ1n) is 10.1. The van der Waals surface area contributed by atoms with E-state index in [1.54, 1.807) is 12.0 Å². The highest BCUT2D eigenvalue weighted by molar-refractivity contribution is 7.89. The molecule has 0 aromatic heterocycles. The maximum atomic E-state index is 14.5. The molecule has 8 heteroatoms. The van der Waals surface area contributed by atoms with Gasteiger partial charge in [-0.3, -0.25) is 4.79 Å². The fourth-order valence-corrected chi connectivity index (χ4v) is 5.89. The summed E-state index contributed by atoms with van der Waals surface area (Å²) in [5.41, 5.74) is 2.97. The Morgan fingerprint density at radius 1 is 1.07 bits per heavy atom. The number of anilines is 1. The normalized spacial score (nSPS) is 17.1. The number of aryl methyl sites for hydroxylation is 1.